The normalized spacial score (nSPS) is 11.7. The van der Waals surface area contributed by atoms with Crippen LogP contribution in [0.1, 0.15) is 52.2 Å². The predicted molar refractivity (Wildman–Crippen MR) is 162 cm³/mol. The highest BCUT2D eigenvalue weighted by Crippen LogP contribution is 2.30. The summed E-state index contributed by atoms with van der Waals surface area (Å²) in [5.41, 5.74) is 0.927. The number of carbonyl (C=O) groups is 8. The number of ketones is 2. The number of methoxy groups -OCH3 is 1. The Morgan fingerprint density at radius 3 is 1.45 bits per heavy atom. The summed E-state index contributed by atoms with van der Waals surface area (Å²) in [4.78, 5) is 96.0. The van der Waals surface area contributed by atoms with Gasteiger partial charge >= 0.3 is 29.8 Å². The summed E-state index contributed by atoms with van der Waals surface area (Å²) in [6.45, 7) is 5.61. The molecule has 0 saturated heterocycles. The van der Waals surface area contributed by atoms with E-state index in [-0.39, 0.29) is 48.2 Å². The molecule has 0 bridgehead atoms. The molecule has 0 radical (unpaired) electrons. The number of rotatable bonds is 16. The van der Waals surface area contributed by atoms with Gasteiger partial charge in [-0.05, 0) is 48.7 Å². The van der Waals surface area contributed by atoms with E-state index in [0.29, 0.717) is 11.1 Å². The molecule has 2 rings (SSSR count). The van der Waals surface area contributed by atoms with E-state index in [1.54, 1.807) is 6.07 Å². The third kappa shape index (κ3) is 13.2. The van der Waals surface area contributed by atoms with E-state index in [2.05, 4.69) is 10.6 Å². The minimum Gasteiger partial charge on any atom is -0.467 e. The van der Waals surface area contributed by atoms with Crippen molar-refractivity contribution in [1.82, 2.24) is 10.6 Å². The third-order valence-electron chi connectivity index (χ3n) is 6.13. The molecule has 0 aliphatic heterocycles. The van der Waals surface area contributed by atoms with Gasteiger partial charge in [-0.3, -0.25) is 33.6 Å². The lowest BCUT2D eigenvalue weighted by Crippen LogP contribution is -2.45. The molecule has 0 aliphatic rings. The number of Topliss-reactive ketones (excluding diaryl/α,β-unsaturated/α-hetero) is 2. The molecule has 2 aromatic rings. The molecule has 15 heteroatoms. The average molecular weight is 657 g/mol. The summed E-state index contributed by atoms with van der Waals surface area (Å²) in [6.07, 6.45) is -0.695. The smallest absolute Gasteiger partial charge is 0.328 e. The van der Waals surface area contributed by atoms with Gasteiger partial charge in [-0.1, -0.05) is 12.1 Å². The Kier molecular flexibility index (Phi) is 14.4. The van der Waals surface area contributed by atoms with Crippen molar-refractivity contribution in [2.45, 2.75) is 66.0 Å². The Balaban J connectivity index is 2.07. The SMILES string of the molecule is COC(=O)C(Cc1ccc(OC(C)=O)c(OC(C)=O)c1)NC(=O)CC(=O)CNC(Cc1ccc(OC(C)=O)c(OC(C)=O)c1)C(C)=O. The van der Waals surface area contributed by atoms with E-state index < -0.39 is 60.0 Å². The van der Waals surface area contributed by atoms with Crippen LogP contribution in [-0.4, -0.2) is 73.1 Å². The summed E-state index contributed by atoms with van der Waals surface area (Å²) in [5, 5.41) is 5.25. The minimum atomic E-state index is -1.23. The molecule has 252 valence electrons. The van der Waals surface area contributed by atoms with Crippen LogP contribution < -0.4 is 29.6 Å². The van der Waals surface area contributed by atoms with Crippen LogP contribution in [0.2, 0.25) is 0 Å². The van der Waals surface area contributed by atoms with Gasteiger partial charge in [-0.15, -0.1) is 0 Å². The second-order valence-corrected chi connectivity index (χ2v) is 10.2. The molecule has 1 amide bonds. The van der Waals surface area contributed by atoms with E-state index >= 15 is 0 Å². The van der Waals surface area contributed by atoms with Gasteiger partial charge in [0.1, 0.15) is 11.8 Å². The van der Waals surface area contributed by atoms with Crippen LogP contribution in [0.5, 0.6) is 23.0 Å². The van der Waals surface area contributed by atoms with Gasteiger partial charge in [0.2, 0.25) is 5.91 Å². The van der Waals surface area contributed by atoms with Gasteiger partial charge < -0.3 is 34.3 Å². The number of nitrogens with one attached hydrogen (secondary N) is 2. The van der Waals surface area contributed by atoms with E-state index in [1.165, 1.54) is 58.0 Å². The lowest BCUT2D eigenvalue weighted by Gasteiger charge is -2.18. The van der Waals surface area contributed by atoms with Crippen molar-refractivity contribution in [3.63, 3.8) is 0 Å². The van der Waals surface area contributed by atoms with Crippen LogP contribution in [0.15, 0.2) is 36.4 Å². The first kappa shape index (κ1) is 37.7. The lowest BCUT2D eigenvalue weighted by molar-refractivity contribution is -0.145. The quantitative estimate of drug-likeness (QED) is 0.149. The predicted octanol–water partition coefficient (Wildman–Crippen LogP) is 1.34. The van der Waals surface area contributed by atoms with Gasteiger partial charge in [0.05, 0.1) is 26.1 Å². The second kappa shape index (κ2) is 17.9. The zero-order valence-corrected chi connectivity index (χ0v) is 26.8. The molecule has 0 fully saturated rings. The van der Waals surface area contributed by atoms with E-state index in [0.717, 1.165) is 14.0 Å². The molecule has 2 unspecified atom stereocenters. The standard InChI is InChI=1S/C32H36N2O13/c1-17(35)25(11-22-7-9-27(44-18(2)36)29(13-22)46-20(4)38)33-16-24(40)15-31(41)34-26(32(42)43-6)12-23-8-10-28(45-19(3)37)30(14-23)47-21(5)39/h7-10,13-14,25-26,33H,11-12,15-16H2,1-6H3,(H,34,41). The molecule has 0 saturated carbocycles. The zero-order chi connectivity index (χ0) is 35.3. The van der Waals surface area contributed by atoms with Crippen LogP contribution >= 0.6 is 0 Å². The minimum absolute atomic E-state index is 0.0130. The van der Waals surface area contributed by atoms with Gasteiger partial charge in [0.25, 0.3) is 0 Å². The first-order valence-electron chi connectivity index (χ1n) is 14.2. The van der Waals surface area contributed by atoms with Gasteiger partial charge in [0.15, 0.2) is 28.8 Å². The van der Waals surface area contributed by atoms with Crippen LogP contribution in [0.4, 0.5) is 0 Å². The summed E-state index contributed by atoms with van der Waals surface area (Å²) in [7, 11) is 1.12. The fraction of sp³-hybridized carbons (Fsp3) is 0.375. The number of hydrogen-bond donors (Lipinski definition) is 2. The summed E-state index contributed by atoms with van der Waals surface area (Å²) < 4.78 is 25.1. The first-order chi connectivity index (χ1) is 22.1. The highest BCUT2D eigenvalue weighted by molar-refractivity contribution is 6.00. The van der Waals surface area contributed by atoms with Crippen molar-refractivity contribution in [2.24, 2.45) is 0 Å². The van der Waals surface area contributed by atoms with E-state index in [4.69, 9.17) is 23.7 Å². The molecule has 0 aliphatic carbocycles. The monoisotopic (exact) mass is 656 g/mol. The number of esters is 5. The second-order valence-electron chi connectivity index (χ2n) is 10.2. The number of amides is 1. The van der Waals surface area contributed by atoms with Crippen molar-refractivity contribution in [3.05, 3.63) is 47.5 Å². The number of carbonyl (C=O) groups excluding carboxylic acids is 8. The maximum atomic E-state index is 12.7. The molecule has 0 heterocycles. The zero-order valence-electron chi connectivity index (χ0n) is 26.8. The highest BCUT2D eigenvalue weighted by Gasteiger charge is 2.25. The Morgan fingerprint density at radius 1 is 0.617 bits per heavy atom. The van der Waals surface area contributed by atoms with E-state index in [1.807, 2.05) is 0 Å². The van der Waals surface area contributed by atoms with Crippen molar-refractivity contribution in [1.29, 1.82) is 0 Å². The van der Waals surface area contributed by atoms with E-state index in [9.17, 15) is 38.4 Å². The highest BCUT2D eigenvalue weighted by atomic mass is 16.6. The first-order valence-corrected chi connectivity index (χ1v) is 14.2. The topological polar surface area (TPSA) is 207 Å². The summed E-state index contributed by atoms with van der Waals surface area (Å²) >= 11 is 0. The molecular weight excluding hydrogens is 620 g/mol. The molecule has 47 heavy (non-hydrogen) atoms. The van der Waals surface area contributed by atoms with Crippen molar-refractivity contribution < 1.29 is 62.0 Å². The van der Waals surface area contributed by atoms with Crippen LogP contribution in [0.3, 0.4) is 0 Å². The van der Waals surface area contributed by atoms with Gasteiger partial charge in [-0.25, -0.2) is 4.79 Å². The Bertz CT molecular complexity index is 1550. The van der Waals surface area contributed by atoms with Crippen LogP contribution in [0.25, 0.3) is 0 Å². The summed E-state index contributed by atoms with van der Waals surface area (Å²) in [6, 6.07) is 6.51. The van der Waals surface area contributed by atoms with Crippen LogP contribution in [-0.2, 0) is 55.9 Å². The molecule has 2 N–H and O–H groups in total. The Morgan fingerprint density at radius 2 is 1.04 bits per heavy atom. The average Bonchev–Trinajstić information content (AvgIpc) is 2.95. The number of ether oxygens (including phenoxy) is 5. The van der Waals surface area contributed by atoms with Gasteiger partial charge in [0, 0.05) is 34.1 Å². The summed E-state index contributed by atoms with van der Waals surface area (Å²) in [5.74, 6) is -5.25. The Hall–Kier alpha value is -5.44. The molecule has 0 aromatic heterocycles. The number of hydrogen-bond acceptors (Lipinski definition) is 14. The third-order valence-corrected chi connectivity index (χ3v) is 6.13. The largest absolute Gasteiger partial charge is 0.467 e. The molecule has 2 aromatic carbocycles. The fourth-order valence-corrected chi connectivity index (χ4v) is 4.20. The molecule has 2 atom stereocenters. The van der Waals surface area contributed by atoms with Gasteiger partial charge in [-0.2, -0.15) is 0 Å². The lowest BCUT2D eigenvalue weighted by atomic mass is 10.0. The Labute approximate surface area is 270 Å². The van der Waals surface area contributed by atoms with Crippen molar-refractivity contribution in [2.75, 3.05) is 13.7 Å². The fourth-order valence-electron chi connectivity index (χ4n) is 4.20. The maximum Gasteiger partial charge on any atom is 0.328 e. The molecular formula is C32H36N2O13. The maximum absolute atomic E-state index is 12.7. The number of benzene rings is 2. The van der Waals surface area contributed by atoms with Crippen molar-refractivity contribution in [3.8, 4) is 23.0 Å². The molecule has 0 spiro atoms. The van der Waals surface area contributed by atoms with Crippen molar-refractivity contribution >= 4 is 47.3 Å². The molecule has 15 nitrogen and oxygen atoms in total. The van der Waals surface area contributed by atoms with Crippen LogP contribution in [0, 0.1) is 0 Å².